The summed E-state index contributed by atoms with van der Waals surface area (Å²) in [7, 11) is 1.57. The highest BCUT2D eigenvalue weighted by Crippen LogP contribution is 2.22. The summed E-state index contributed by atoms with van der Waals surface area (Å²) in [6.45, 7) is 1.80. The monoisotopic (exact) mass is 162 g/mol. The molecule has 0 amide bonds. The molecule has 0 aliphatic heterocycles. The molecule has 0 saturated heterocycles. The molecule has 0 fully saturated rings. The first-order valence-corrected chi connectivity index (χ1v) is 3.68. The third kappa shape index (κ3) is 1.54. The van der Waals surface area contributed by atoms with Crippen LogP contribution in [0.2, 0.25) is 0 Å². The van der Waals surface area contributed by atoms with Crippen LogP contribution in [0, 0.1) is 11.3 Å². The van der Waals surface area contributed by atoms with Gasteiger partial charge in [0.05, 0.1) is 24.8 Å². The van der Waals surface area contributed by atoms with Gasteiger partial charge in [0, 0.05) is 6.20 Å². The van der Waals surface area contributed by atoms with E-state index in [0.717, 1.165) is 0 Å². The van der Waals surface area contributed by atoms with Crippen LogP contribution in [-0.2, 0) is 0 Å². The summed E-state index contributed by atoms with van der Waals surface area (Å²) in [6, 6.07) is 5.70. The Balaban J connectivity index is 3.06. The molecule has 1 aromatic heterocycles. The highest BCUT2D eigenvalue weighted by Gasteiger charge is 2.10. The molecule has 0 bridgehead atoms. The highest BCUT2D eigenvalue weighted by molar-refractivity contribution is 5.32. The van der Waals surface area contributed by atoms with Gasteiger partial charge in [0.2, 0.25) is 0 Å². The van der Waals surface area contributed by atoms with E-state index in [1.165, 1.54) is 0 Å². The summed E-state index contributed by atoms with van der Waals surface area (Å²) in [6.07, 6.45) is 1.66. The summed E-state index contributed by atoms with van der Waals surface area (Å²) in [5, 5.41) is 8.66. The fourth-order valence-corrected chi connectivity index (χ4v) is 0.962. The predicted molar refractivity (Wildman–Crippen MR) is 44.8 cm³/mol. The normalized spacial score (nSPS) is 11.8. The van der Waals surface area contributed by atoms with E-state index in [-0.39, 0.29) is 5.92 Å². The molecule has 1 unspecified atom stereocenters. The summed E-state index contributed by atoms with van der Waals surface area (Å²) < 4.78 is 5.05. The molecule has 0 spiro atoms. The second-order valence-electron chi connectivity index (χ2n) is 2.44. The molecule has 0 aromatic carbocycles. The van der Waals surface area contributed by atoms with Gasteiger partial charge in [-0.25, -0.2) is 0 Å². The Morgan fingerprint density at radius 2 is 2.42 bits per heavy atom. The fraction of sp³-hybridized carbons (Fsp3) is 0.333. The van der Waals surface area contributed by atoms with Gasteiger partial charge in [-0.1, -0.05) is 0 Å². The van der Waals surface area contributed by atoms with Crippen molar-refractivity contribution in [3.8, 4) is 11.8 Å². The van der Waals surface area contributed by atoms with Crippen molar-refractivity contribution in [2.75, 3.05) is 7.11 Å². The van der Waals surface area contributed by atoms with E-state index in [2.05, 4.69) is 11.1 Å². The molecule has 3 nitrogen and oxygen atoms in total. The molecule has 1 rings (SSSR count). The van der Waals surface area contributed by atoms with Gasteiger partial charge >= 0.3 is 0 Å². The second-order valence-corrected chi connectivity index (χ2v) is 2.44. The molecule has 1 atom stereocenters. The molecule has 1 heterocycles. The molecule has 0 saturated carbocycles. The van der Waals surface area contributed by atoms with Gasteiger partial charge in [-0.05, 0) is 19.1 Å². The second kappa shape index (κ2) is 3.72. The minimum atomic E-state index is -0.221. The van der Waals surface area contributed by atoms with E-state index < -0.39 is 0 Å². The zero-order valence-corrected chi connectivity index (χ0v) is 7.11. The summed E-state index contributed by atoms with van der Waals surface area (Å²) in [4.78, 5) is 4.07. The quantitative estimate of drug-likeness (QED) is 0.665. The number of aromatic nitrogens is 1. The zero-order chi connectivity index (χ0) is 8.97. The molecular weight excluding hydrogens is 152 g/mol. The number of nitrogens with zero attached hydrogens (tertiary/aromatic N) is 2. The number of ether oxygens (including phenoxy) is 1. The van der Waals surface area contributed by atoms with E-state index in [4.69, 9.17) is 10.00 Å². The minimum absolute atomic E-state index is 0.221. The Morgan fingerprint density at radius 3 is 3.00 bits per heavy atom. The van der Waals surface area contributed by atoms with Gasteiger partial charge in [-0.2, -0.15) is 5.26 Å². The van der Waals surface area contributed by atoms with Crippen molar-refractivity contribution in [2.45, 2.75) is 12.8 Å². The number of methoxy groups -OCH3 is 1. The lowest BCUT2D eigenvalue weighted by molar-refractivity contribution is 0.406. The molecule has 1 aromatic rings. The van der Waals surface area contributed by atoms with Crippen molar-refractivity contribution in [3.05, 3.63) is 24.0 Å². The van der Waals surface area contributed by atoms with Crippen LogP contribution in [0.15, 0.2) is 18.3 Å². The average Bonchev–Trinajstić information content (AvgIpc) is 2.16. The standard InChI is InChI=1S/C9H10N2O/c1-7(6-10)9-8(12-2)4-3-5-11-9/h3-5,7H,1-2H3. The summed E-state index contributed by atoms with van der Waals surface area (Å²) in [5.74, 6) is 0.452. The van der Waals surface area contributed by atoms with Crippen LogP contribution in [0.5, 0.6) is 5.75 Å². The fourth-order valence-electron chi connectivity index (χ4n) is 0.962. The maximum absolute atomic E-state index is 8.66. The number of nitriles is 1. The van der Waals surface area contributed by atoms with Crippen LogP contribution in [-0.4, -0.2) is 12.1 Å². The Labute approximate surface area is 71.6 Å². The first-order chi connectivity index (χ1) is 5.79. The number of pyridine rings is 1. The summed E-state index contributed by atoms with van der Waals surface area (Å²) >= 11 is 0. The van der Waals surface area contributed by atoms with E-state index >= 15 is 0 Å². The topological polar surface area (TPSA) is 45.9 Å². The van der Waals surface area contributed by atoms with Crippen molar-refractivity contribution in [1.82, 2.24) is 4.98 Å². The summed E-state index contributed by atoms with van der Waals surface area (Å²) in [5.41, 5.74) is 0.697. The molecule has 0 aliphatic rings. The number of rotatable bonds is 2. The van der Waals surface area contributed by atoms with Crippen LogP contribution in [0.4, 0.5) is 0 Å². The third-order valence-corrected chi connectivity index (χ3v) is 1.62. The molecule has 62 valence electrons. The van der Waals surface area contributed by atoms with Crippen molar-refractivity contribution in [1.29, 1.82) is 5.26 Å². The van der Waals surface area contributed by atoms with Gasteiger partial charge in [-0.3, -0.25) is 4.98 Å². The van der Waals surface area contributed by atoms with E-state index in [1.807, 2.05) is 0 Å². The SMILES string of the molecule is COc1cccnc1C(C)C#N. The van der Waals surface area contributed by atoms with E-state index in [0.29, 0.717) is 11.4 Å². The van der Waals surface area contributed by atoms with E-state index in [9.17, 15) is 0 Å². The molecular formula is C9H10N2O. The van der Waals surface area contributed by atoms with Crippen molar-refractivity contribution < 1.29 is 4.74 Å². The largest absolute Gasteiger partial charge is 0.495 e. The Bertz CT molecular complexity index is 304. The lowest BCUT2D eigenvalue weighted by Gasteiger charge is -2.06. The van der Waals surface area contributed by atoms with Gasteiger partial charge < -0.3 is 4.74 Å². The lowest BCUT2D eigenvalue weighted by Crippen LogP contribution is -1.97. The van der Waals surface area contributed by atoms with Crippen molar-refractivity contribution in [3.63, 3.8) is 0 Å². The molecule has 0 aliphatic carbocycles. The Morgan fingerprint density at radius 1 is 1.67 bits per heavy atom. The highest BCUT2D eigenvalue weighted by atomic mass is 16.5. The van der Waals surface area contributed by atoms with E-state index in [1.54, 1.807) is 32.4 Å². The van der Waals surface area contributed by atoms with Crippen molar-refractivity contribution in [2.24, 2.45) is 0 Å². The number of hydrogen-bond donors (Lipinski definition) is 0. The maximum Gasteiger partial charge on any atom is 0.141 e. The molecule has 0 radical (unpaired) electrons. The van der Waals surface area contributed by atoms with Gasteiger partial charge in [0.15, 0.2) is 0 Å². The average molecular weight is 162 g/mol. The van der Waals surface area contributed by atoms with Crippen molar-refractivity contribution >= 4 is 0 Å². The first-order valence-electron chi connectivity index (χ1n) is 3.68. The van der Waals surface area contributed by atoms with Crippen LogP contribution >= 0.6 is 0 Å². The third-order valence-electron chi connectivity index (χ3n) is 1.62. The van der Waals surface area contributed by atoms with Crippen LogP contribution < -0.4 is 4.74 Å². The van der Waals surface area contributed by atoms with Gasteiger partial charge in [0.25, 0.3) is 0 Å². The van der Waals surface area contributed by atoms with Gasteiger partial charge in [-0.15, -0.1) is 0 Å². The van der Waals surface area contributed by atoms with Crippen LogP contribution in [0.3, 0.4) is 0 Å². The molecule has 12 heavy (non-hydrogen) atoms. The van der Waals surface area contributed by atoms with Crippen LogP contribution in [0.1, 0.15) is 18.5 Å². The predicted octanol–water partition coefficient (Wildman–Crippen LogP) is 1.72. The molecule has 0 N–H and O–H groups in total. The Hall–Kier alpha value is -1.56. The van der Waals surface area contributed by atoms with Gasteiger partial charge in [0.1, 0.15) is 5.75 Å². The minimum Gasteiger partial charge on any atom is -0.495 e. The Kier molecular flexibility index (Phi) is 2.65. The van der Waals surface area contributed by atoms with Crippen LogP contribution in [0.25, 0.3) is 0 Å². The first kappa shape index (κ1) is 8.54. The smallest absolute Gasteiger partial charge is 0.141 e. The zero-order valence-electron chi connectivity index (χ0n) is 7.11. The maximum atomic E-state index is 8.66. The number of hydrogen-bond acceptors (Lipinski definition) is 3. The molecule has 3 heteroatoms. The lowest BCUT2D eigenvalue weighted by atomic mass is 10.1.